The second-order valence-corrected chi connectivity index (χ2v) is 6.59. The fourth-order valence-electron chi connectivity index (χ4n) is 2.16. The standard InChI is InChI=1S/C17H10BrIO/c18-14-7-8-16(19)15(10-14)17(20)13-6-5-11-3-1-2-4-12(11)9-13/h1-10H. The van der Waals surface area contributed by atoms with Gasteiger partial charge in [0, 0.05) is 19.2 Å². The van der Waals surface area contributed by atoms with E-state index in [-0.39, 0.29) is 5.78 Å². The smallest absolute Gasteiger partial charge is 0.194 e. The normalized spacial score (nSPS) is 10.7. The number of fused-ring (bicyclic) bond motifs is 1. The monoisotopic (exact) mass is 436 g/mol. The Kier molecular flexibility index (Phi) is 3.89. The van der Waals surface area contributed by atoms with Crippen molar-refractivity contribution in [3.63, 3.8) is 0 Å². The van der Waals surface area contributed by atoms with Gasteiger partial charge in [-0.3, -0.25) is 4.79 Å². The molecule has 0 radical (unpaired) electrons. The molecule has 0 saturated heterocycles. The summed E-state index contributed by atoms with van der Waals surface area (Å²) in [5, 5.41) is 2.23. The zero-order chi connectivity index (χ0) is 14.1. The maximum absolute atomic E-state index is 12.6. The van der Waals surface area contributed by atoms with Crippen LogP contribution in [0.2, 0.25) is 0 Å². The first-order valence-electron chi connectivity index (χ1n) is 6.14. The quantitative estimate of drug-likeness (QED) is 0.386. The van der Waals surface area contributed by atoms with Crippen LogP contribution in [0.1, 0.15) is 15.9 Å². The van der Waals surface area contributed by atoms with Crippen molar-refractivity contribution < 1.29 is 4.79 Å². The van der Waals surface area contributed by atoms with Crippen molar-refractivity contribution in [3.05, 3.63) is 79.8 Å². The molecule has 0 unspecified atom stereocenters. The molecule has 0 N–H and O–H groups in total. The number of rotatable bonds is 2. The number of benzene rings is 3. The summed E-state index contributed by atoms with van der Waals surface area (Å²) in [5.41, 5.74) is 1.45. The topological polar surface area (TPSA) is 17.1 Å². The highest BCUT2D eigenvalue weighted by Crippen LogP contribution is 2.23. The Labute approximate surface area is 139 Å². The van der Waals surface area contributed by atoms with Crippen molar-refractivity contribution in [3.8, 4) is 0 Å². The van der Waals surface area contributed by atoms with Gasteiger partial charge in [0.15, 0.2) is 5.78 Å². The lowest BCUT2D eigenvalue weighted by Crippen LogP contribution is -2.03. The fourth-order valence-corrected chi connectivity index (χ4v) is 3.10. The van der Waals surface area contributed by atoms with Gasteiger partial charge in [-0.25, -0.2) is 0 Å². The van der Waals surface area contributed by atoms with E-state index in [0.717, 1.165) is 29.9 Å². The Morgan fingerprint density at radius 1 is 0.900 bits per heavy atom. The van der Waals surface area contributed by atoms with Crippen LogP contribution in [0.5, 0.6) is 0 Å². The van der Waals surface area contributed by atoms with Gasteiger partial charge in [-0.1, -0.05) is 52.3 Å². The Balaban J connectivity index is 2.10. The summed E-state index contributed by atoms with van der Waals surface area (Å²) in [6, 6.07) is 19.7. The molecule has 1 nitrogen and oxygen atoms in total. The predicted molar refractivity (Wildman–Crippen MR) is 94.2 cm³/mol. The fraction of sp³-hybridized carbons (Fsp3) is 0. The highest BCUT2D eigenvalue weighted by Gasteiger charge is 2.13. The molecule has 98 valence electrons. The van der Waals surface area contributed by atoms with Crippen molar-refractivity contribution in [1.29, 1.82) is 0 Å². The van der Waals surface area contributed by atoms with Crippen LogP contribution in [0.4, 0.5) is 0 Å². The Hall–Kier alpha value is -1.20. The molecule has 20 heavy (non-hydrogen) atoms. The van der Waals surface area contributed by atoms with Crippen molar-refractivity contribution in [2.24, 2.45) is 0 Å². The minimum absolute atomic E-state index is 0.0569. The number of ketones is 1. The minimum atomic E-state index is 0.0569. The van der Waals surface area contributed by atoms with Crippen LogP contribution in [-0.4, -0.2) is 5.78 Å². The van der Waals surface area contributed by atoms with E-state index >= 15 is 0 Å². The molecule has 0 aliphatic rings. The minimum Gasteiger partial charge on any atom is -0.289 e. The third-order valence-electron chi connectivity index (χ3n) is 3.18. The Morgan fingerprint density at radius 2 is 1.65 bits per heavy atom. The molecule has 0 aliphatic carbocycles. The van der Waals surface area contributed by atoms with Gasteiger partial charge in [-0.05, 0) is 57.6 Å². The van der Waals surface area contributed by atoms with Crippen molar-refractivity contribution in [1.82, 2.24) is 0 Å². The van der Waals surface area contributed by atoms with E-state index in [9.17, 15) is 4.79 Å². The Bertz CT molecular complexity index is 811. The lowest BCUT2D eigenvalue weighted by molar-refractivity contribution is 0.103. The molecule has 3 rings (SSSR count). The van der Waals surface area contributed by atoms with Gasteiger partial charge in [0.25, 0.3) is 0 Å². The number of carbonyl (C=O) groups is 1. The summed E-state index contributed by atoms with van der Waals surface area (Å²) in [4.78, 5) is 12.6. The third kappa shape index (κ3) is 2.65. The van der Waals surface area contributed by atoms with Gasteiger partial charge >= 0.3 is 0 Å². The van der Waals surface area contributed by atoms with Crippen molar-refractivity contribution in [2.45, 2.75) is 0 Å². The number of hydrogen-bond donors (Lipinski definition) is 0. The van der Waals surface area contributed by atoms with Crippen molar-refractivity contribution in [2.75, 3.05) is 0 Å². The van der Waals surface area contributed by atoms with E-state index < -0.39 is 0 Å². The molecule has 3 heteroatoms. The highest BCUT2D eigenvalue weighted by atomic mass is 127. The Morgan fingerprint density at radius 3 is 2.45 bits per heavy atom. The summed E-state index contributed by atoms with van der Waals surface area (Å²) >= 11 is 5.62. The van der Waals surface area contributed by atoms with E-state index in [4.69, 9.17) is 0 Å². The molecular weight excluding hydrogens is 427 g/mol. The maximum atomic E-state index is 12.6. The second-order valence-electron chi connectivity index (χ2n) is 4.52. The summed E-state index contributed by atoms with van der Waals surface area (Å²) in [6.07, 6.45) is 0. The second kappa shape index (κ2) is 5.66. The molecule has 3 aromatic rings. The molecule has 3 aromatic carbocycles. The molecule has 0 spiro atoms. The van der Waals surface area contributed by atoms with Crippen LogP contribution in [-0.2, 0) is 0 Å². The molecule has 0 saturated carbocycles. The third-order valence-corrected chi connectivity index (χ3v) is 4.62. The van der Waals surface area contributed by atoms with E-state index in [1.54, 1.807) is 0 Å². The van der Waals surface area contributed by atoms with E-state index in [1.165, 1.54) is 0 Å². The number of hydrogen-bond acceptors (Lipinski definition) is 1. The average molecular weight is 437 g/mol. The summed E-state index contributed by atoms with van der Waals surface area (Å²) in [6.45, 7) is 0. The molecule has 0 aliphatic heterocycles. The zero-order valence-corrected chi connectivity index (χ0v) is 14.2. The van der Waals surface area contributed by atoms with Gasteiger partial charge in [0.1, 0.15) is 0 Å². The molecule has 0 fully saturated rings. The molecule has 0 atom stereocenters. The maximum Gasteiger partial charge on any atom is 0.194 e. The van der Waals surface area contributed by atoms with Gasteiger partial charge < -0.3 is 0 Å². The lowest BCUT2D eigenvalue weighted by Gasteiger charge is -2.06. The molecular formula is C17H10BrIO. The first-order valence-corrected chi connectivity index (χ1v) is 8.01. The lowest BCUT2D eigenvalue weighted by atomic mass is 10.00. The van der Waals surface area contributed by atoms with Gasteiger partial charge in [-0.2, -0.15) is 0 Å². The summed E-state index contributed by atoms with van der Waals surface area (Å²) < 4.78 is 1.88. The van der Waals surface area contributed by atoms with Crippen LogP contribution in [0.15, 0.2) is 65.1 Å². The first kappa shape index (κ1) is 13.8. The van der Waals surface area contributed by atoms with Crippen LogP contribution in [0, 0.1) is 3.57 Å². The van der Waals surface area contributed by atoms with Gasteiger partial charge in [0.05, 0.1) is 0 Å². The van der Waals surface area contributed by atoms with Gasteiger partial charge in [-0.15, -0.1) is 0 Å². The highest BCUT2D eigenvalue weighted by molar-refractivity contribution is 14.1. The van der Waals surface area contributed by atoms with Crippen molar-refractivity contribution >= 4 is 55.1 Å². The first-order chi connectivity index (χ1) is 9.65. The van der Waals surface area contributed by atoms with Crippen LogP contribution in [0.25, 0.3) is 10.8 Å². The zero-order valence-electron chi connectivity index (χ0n) is 10.4. The predicted octanol–water partition coefficient (Wildman–Crippen LogP) is 5.44. The van der Waals surface area contributed by atoms with E-state index in [1.807, 2.05) is 60.7 Å². The van der Waals surface area contributed by atoms with E-state index in [2.05, 4.69) is 38.5 Å². The average Bonchev–Trinajstić information content (AvgIpc) is 2.48. The largest absolute Gasteiger partial charge is 0.289 e. The summed E-state index contributed by atoms with van der Waals surface area (Å²) in [7, 11) is 0. The molecule has 0 bridgehead atoms. The van der Waals surface area contributed by atoms with Crippen LogP contribution >= 0.6 is 38.5 Å². The molecule has 0 aromatic heterocycles. The van der Waals surface area contributed by atoms with Gasteiger partial charge in [0.2, 0.25) is 0 Å². The molecule has 0 amide bonds. The van der Waals surface area contributed by atoms with Crippen LogP contribution in [0.3, 0.4) is 0 Å². The molecule has 0 heterocycles. The SMILES string of the molecule is O=C(c1ccc2ccccc2c1)c1cc(Br)ccc1I. The number of carbonyl (C=O) groups excluding carboxylic acids is 1. The number of halogens is 2. The summed E-state index contributed by atoms with van der Waals surface area (Å²) in [5.74, 6) is 0.0569. The van der Waals surface area contributed by atoms with E-state index in [0.29, 0.717) is 0 Å². The van der Waals surface area contributed by atoms with Crippen LogP contribution < -0.4 is 0 Å².